The van der Waals surface area contributed by atoms with Crippen molar-refractivity contribution in [3.63, 3.8) is 0 Å². The number of benzene rings is 2. The van der Waals surface area contributed by atoms with Gasteiger partial charge in [-0.2, -0.15) is 0 Å². The molecule has 0 radical (unpaired) electrons. The molecule has 2 aromatic carbocycles. The third-order valence-corrected chi connectivity index (χ3v) is 4.29. The van der Waals surface area contributed by atoms with Crippen molar-refractivity contribution in [2.24, 2.45) is 4.99 Å². The maximum absolute atomic E-state index is 13.0. The smallest absolute Gasteiger partial charge is 0.234 e. The molecule has 0 bridgehead atoms. The molecular formula is C21H18N4O2. The molecule has 1 aliphatic rings. The SMILES string of the molecule is COc1ccccc1C(=O)c1nc(NC2=NCC(C)=C2)c2ccccc2n1. The van der Waals surface area contributed by atoms with E-state index in [1.807, 2.05) is 43.3 Å². The first-order valence-corrected chi connectivity index (χ1v) is 8.59. The summed E-state index contributed by atoms with van der Waals surface area (Å²) >= 11 is 0. The highest BCUT2D eigenvalue weighted by Gasteiger charge is 2.19. The third kappa shape index (κ3) is 3.29. The first kappa shape index (κ1) is 16.9. The molecule has 1 aromatic heterocycles. The van der Waals surface area contributed by atoms with Crippen LogP contribution < -0.4 is 10.1 Å². The van der Waals surface area contributed by atoms with Crippen LogP contribution in [0.4, 0.5) is 5.82 Å². The van der Waals surface area contributed by atoms with Crippen molar-refractivity contribution in [1.29, 1.82) is 0 Å². The molecule has 0 fully saturated rings. The average Bonchev–Trinajstić information content (AvgIpc) is 3.12. The van der Waals surface area contributed by atoms with Gasteiger partial charge in [-0.15, -0.1) is 0 Å². The van der Waals surface area contributed by atoms with Gasteiger partial charge in [0.15, 0.2) is 0 Å². The molecule has 4 rings (SSSR count). The Morgan fingerprint density at radius 3 is 2.63 bits per heavy atom. The number of rotatable bonds is 4. The van der Waals surface area contributed by atoms with Crippen molar-refractivity contribution >= 4 is 28.3 Å². The number of fused-ring (bicyclic) bond motifs is 1. The Morgan fingerprint density at radius 2 is 1.85 bits per heavy atom. The van der Waals surface area contributed by atoms with Crippen LogP contribution in [0.25, 0.3) is 10.9 Å². The molecule has 0 unspecified atom stereocenters. The number of methoxy groups -OCH3 is 1. The molecule has 0 spiro atoms. The molecule has 1 N–H and O–H groups in total. The molecule has 0 saturated heterocycles. The summed E-state index contributed by atoms with van der Waals surface area (Å²) in [6.07, 6.45) is 1.97. The highest BCUT2D eigenvalue weighted by Crippen LogP contribution is 2.24. The van der Waals surface area contributed by atoms with Crippen LogP contribution in [0.2, 0.25) is 0 Å². The number of carbonyl (C=O) groups is 1. The van der Waals surface area contributed by atoms with E-state index in [0.717, 1.165) is 11.2 Å². The van der Waals surface area contributed by atoms with E-state index >= 15 is 0 Å². The van der Waals surface area contributed by atoms with Gasteiger partial charge in [-0.3, -0.25) is 9.79 Å². The Morgan fingerprint density at radius 1 is 1.07 bits per heavy atom. The predicted octanol–water partition coefficient (Wildman–Crippen LogP) is 3.64. The van der Waals surface area contributed by atoms with Crippen molar-refractivity contribution in [3.05, 3.63) is 71.6 Å². The van der Waals surface area contributed by atoms with Crippen molar-refractivity contribution in [1.82, 2.24) is 9.97 Å². The van der Waals surface area contributed by atoms with Crippen LogP contribution in [0, 0.1) is 0 Å². The summed E-state index contributed by atoms with van der Waals surface area (Å²) in [5, 5.41) is 4.06. The highest BCUT2D eigenvalue weighted by atomic mass is 16.5. The van der Waals surface area contributed by atoms with Crippen LogP contribution in [0.1, 0.15) is 23.1 Å². The standard InChI is InChI=1S/C21H18N4O2/c1-13-11-18(22-12-13)24-20-14-7-3-5-9-16(14)23-21(25-20)19(26)15-8-4-6-10-17(15)27-2/h3-11H,12H2,1-2H3,(H,22,23,24,25). The zero-order valence-electron chi connectivity index (χ0n) is 15.1. The van der Waals surface area contributed by atoms with Crippen molar-refractivity contribution < 1.29 is 9.53 Å². The zero-order valence-corrected chi connectivity index (χ0v) is 15.1. The number of aromatic nitrogens is 2. The topological polar surface area (TPSA) is 76.5 Å². The number of nitrogens with one attached hydrogen (secondary N) is 1. The molecule has 0 amide bonds. The van der Waals surface area contributed by atoms with Gasteiger partial charge in [-0.05, 0) is 42.8 Å². The number of hydrogen-bond acceptors (Lipinski definition) is 6. The Bertz CT molecular complexity index is 1100. The quantitative estimate of drug-likeness (QED) is 0.721. The second kappa shape index (κ2) is 6.99. The molecule has 0 saturated carbocycles. The van der Waals surface area contributed by atoms with E-state index in [1.165, 1.54) is 12.7 Å². The molecule has 0 aliphatic carbocycles. The summed E-state index contributed by atoms with van der Waals surface area (Å²) in [5.41, 5.74) is 2.28. The van der Waals surface area contributed by atoms with Gasteiger partial charge in [-0.1, -0.05) is 24.3 Å². The van der Waals surface area contributed by atoms with Gasteiger partial charge in [-0.25, -0.2) is 9.97 Å². The minimum Gasteiger partial charge on any atom is -0.496 e. The van der Waals surface area contributed by atoms with Crippen LogP contribution in [0.15, 0.2) is 65.2 Å². The normalized spacial score (nSPS) is 13.3. The van der Waals surface area contributed by atoms with Crippen molar-refractivity contribution in [3.8, 4) is 5.75 Å². The number of ether oxygens (including phenoxy) is 1. The number of hydrogen-bond donors (Lipinski definition) is 1. The van der Waals surface area contributed by atoms with E-state index in [2.05, 4.69) is 20.3 Å². The number of nitrogens with zero attached hydrogens (tertiary/aromatic N) is 3. The lowest BCUT2D eigenvalue weighted by Gasteiger charge is -2.11. The Labute approximate surface area is 156 Å². The van der Waals surface area contributed by atoms with Crippen LogP contribution in [-0.2, 0) is 0 Å². The largest absolute Gasteiger partial charge is 0.496 e. The monoisotopic (exact) mass is 358 g/mol. The zero-order chi connectivity index (χ0) is 18.8. The number of ketones is 1. The molecule has 2 heterocycles. The van der Waals surface area contributed by atoms with E-state index in [4.69, 9.17) is 4.74 Å². The molecule has 134 valence electrons. The van der Waals surface area contributed by atoms with E-state index in [-0.39, 0.29) is 11.6 Å². The van der Waals surface area contributed by atoms with Crippen LogP contribution in [0.5, 0.6) is 5.75 Å². The summed E-state index contributed by atoms with van der Waals surface area (Å²) < 4.78 is 5.31. The molecule has 3 aromatic rings. The number of para-hydroxylation sites is 2. The second-order valence-electron chi connectivity index (χ2n) is 6.26. The molecular weight excluding hydrogens is 340 g/mol. The van der Waals surface area contributed by atoms with E-state index < -0.39 is 0 Å². The summed E-state index contributed by atoms with van der Waals surface area (Å²) in [5.74, 6) is 1.60. The van der Waals surface area contributed by atoms with Gasteiger partial charge in [0.2, 0.25) is 11.6 Å². The summed E-state index contributed by atoms with van der Waals surface area (Å²) in [7, 11) is 1.53. The Hall–Kier alpha value is -3.54. The van der Waals surface area contributed by atoms with Gasteiger partial charge < -0.3 is 10.1 Å². The minimum absolute atomic E-state index is 0.111. The third-order valence-electron chi connectivity index (χ3n) is 4.29. The number of carbonyl (C=O) groups excluding carboxylic acids is 1. The van der Waals surface area contributed by atoms with Crippen LogP contribution >= 0.6 is 0 Å². The molecule has 27 heavy (non-hydrogen) atoms. The Balaban J connectivity index is 1.81. The van der Waals surface area contributed by atoms with Gasteiger partial charge in [0.1, 0.15) is 17.4 Å². The highest BCUT2D eigenvalue weighted by molar-refractivity contribution is 6.12. The number of amidine groups is 1. The lowest BCUT2D eigenvalue weighted by atomic mass is 10.1. The van der Waals surface area contributed by atoms with Gasteiger partial charge in [0.25, 0.3) is 0 Å². The van der Waals surface area contributed by atoms with Crippen molar-refractivity contribution in [2.45, 2.75) is 6.92 Å². The summed E-state index contributed by atoms with van der Waals surface area (Å²) in [4.78, 5) is 26.4. The first-order chi connectivity index (χ1) is 13.2. The Kier molecular flexibility index (Phi) is 4.38. The van der Waals surface area contributed by atoms with Gasteiger partial charge >= 0.3 is 0 Å². The van der Waals surface area contributed by atoms with E-state index in [9.17, 15) is 4.79 Å². The molecule has 6 heteroatoms. The molecule has 6 nitrogen and oxygen atoms in total. The predicted molar refractivity (Wildman–Crippen MR) is 106 cm³/mol. The van der Waals surface area contributed by atoms with Crippen LogP contribution in [0.3, 0.4) is 0 Å². The molecule has 1 aliphatic heterocycles. The minimum atomic E-state index is -0.290. The maximum Gasteiger partial charge on any atom is 0.234 e. The molecule has 0 atom stereocenters. The van der Waals surface area contributed by atoms with Gasteiger partial charge in [0.05, 0.1) is 24.7 Å². The van der Waals surface area contributed by atoms with E-state index in [0.29, 0.717) is 29.2 Å². The lowest BCUT2D eigenvalue weighted by molar-refractivity contribution is 0.102. The summed E-state index contributed by atoms with van der Waals surface area (Å²) in [6.45, 7) is 2.69. The van der Waals surface area contributed by atoms with Crippen molar-refractivity contribution in [2.75, 3.05) is 19.0 Å². The van der Waals surface area contributed by atoms with Crippen LogP contribution in [-0.4, -0.2) is 35.2 Å². The first-order valence-electron chi connectivity index (χ1n) is 8.59. The maximum atomic E-state index is 13.0. The second-order valence-corrected chi connectivity index (χ2v) is 6.26. The fourth-order valence-electron chi connectivity index (χ4n) is 2.96. The average molecular weight is 358 g/mol. The number of anilines is 1. The fourth-order valence-corrected chi connectivity index (χ4v) is 2.96. The summed E-state index contributed by atoms with van der Waals surface area (Å²) in [6, 6.07) is 14.6. The van der Waals surface area contributed by atoms with Gasteiger partial charge in [0, 0.05) is 5.39 Å². The fraction of sp³-hybridized carbons (Fsp3) is 0.143. The lowest BCUT2D eigenvalue weighted by Crippen LogP contribution is -2.14. The number of aliphatic imine (C=N–C) groups is 1. The van der Waals surface area contributed by atoms with E-state index in [1.54, 1.807) is 18.2 Å².